The molecular formula is C14H14BrF4NO. The molecule has 21 heavy (non-hydrogen) atoms. The van der Waals surface area contributed by atoms with Gasteiger partial charge in [0.05, 0.1) is 11.1 Å². The van der Waals surface area contributed by atoms with Gasteiger partial charge in [-0.1, -0.05) is 22.0 Å². The Morgan fingerprint density at radius 2 is 2.05 bits per heavy atom. The van der Waals surface area contributed by atoms with Crippen LogP contribution in [0.1, 0.15) is 35.2 Å². The predicted octanol–water partition coefficient (Wildman–Crippen LogP) is 4.14. The maximum absolute atomic E-state index is 13.8. The lowest BCUT2D eigenvalue weighted by Crippen LogP contribution is -2.29. The van der Waals surface area contributed by atoms with Crippen LogP contribution < -0.4 is 5.32 Å². The summed E-state index contributed by atoms with van der Waals surface area (Å²) in [6.45, 7) is 0.344. The zero-order chi connectivity index (χ0) is 15.6. The van der Waals surface area contributed by atoms with E-state index in [9.17, 15) is 22.4 Å². The van der Waals surface area contributed by atoms with Crippen LogP contribution in [0.15, 0.2) is 18.2 Å². The Hall–Kier alpha value is -1.11. The van der Waals surface area contributed by atoms with Gasteiger partial charge in [-0.2, -0.15) is 13.2 Å². The molecule has 0 heterocycles. The molecule has 1 saturated carbocycles. The highest BCUT2D eigenvalue weighted by Gasteiger charge is 2.35. The van der Waals surface area contributed by atoms with E-state index in [0.29, 0.717) is 17.4 Å². The maximum atomic E-state index is 13.8. The Balaban J connectivity index is 2.06. The fourth-order valence-corrected chi connectivity index (χ4v) is 3.25. The summed E-state index contributed by atoms with van der Waals surface area (Å²) in [5.41, 5.74) is -1.99. The van der Waals surface area contributed by atoms with Crippen LogP contribution in [0.25, 0.3) is 0 Å². The van der Waals surface area contributed by atoms with Crippen LogP contribution in [0.4, 0.5) is 17.6 Å². The number of halogens is 5. The molecule has 0 radical (unpaired) electrons. The van der Waals surface area contributed by atoms with E-state index >= 15 is 0 Å². The molecule has 2 rings (SSSR count). The second-order valence-corrected chi connectivity index (χ2v) is 6.45. The molecule has 0 bridgehead atoms. The summed E-state index contributed by atoms with van der Waals surface area (Å²) in [5.74, 6) is -2.06. The van der Waals surface area contributed by atoms with Gasteiger partial charge in [0.1, 0.15) is 5.82 Å². The first-order valence-corrected chi connectivity index (χ1v) is 7.48. The molecule has 7 heteroatoms. The minimum atomic E-state index is -4.81. The van der Waals surface area contributed by atoms with E-state index in [1.165, 1.54) is 0 Å². The first-order chi connectivity index (χ1) is 9.79. The molecule has 1 aliphatic carbocycles. The molecule has 1 amide bonds. The van der Waals surface area contributed by atoms with Gasteiger partial charge < -0.3 is 5.32 Å². The molecule has 1 aromatic rings. The quantitative estimate of drug-likeness (QED) is 0.631. The van der Waals surface area contributed by atoms with Crippen LogP contribution in [-0.2, 0) is 6.18 Å². The van der Waals surface area contributed by atoms with Crippen LogP contribution in [0.2, 0.25) is 0 Å². The predicted molar refractivity (Wildman–Crippen MR) is 73.8 cm³/mol. The van der Waals surface area contributed by atoms with Crippen molar-refractivity contribution in [3.8, 4) is 0 Å². The Morgan fingerprint density at radius 3 is 2.62 bits per heavy atom. The Kier molecular flexibility index (Phi) is 4.91. The molecule has 0 aliphatic heterocycles. The lowest BCUT2D eigenvalue weighted by atomic mass is 10.1. The highest BCUT2D eigenvalue weighted by Crippen LogP contribution is 2.33. The molecule has 0 aromatic heterocycles. The van der Waals surface area contributed by atoms with E-state index in [2.05, 4.69) is 21.2 Å². The monoisotopic (exact) mass is 367 g/mol. The summed E-state index contributed by atoms with van der Waals surface area (Å²) in [6, 6.07) is 2.71. The zero-order valence-electron chi connectivity index (χ0n) is 11.0. The molecule has 1 fully saturated rings. The third-order valence-corrected chi connectivity index (χ3v) is 4.41. The van der Waals surface area contributed by atoms with Gasteiger partial charge in [-0.05, 0) is 37.3 Å². The van der Waals surface area contributed by atoms with E-state index < -0.39 is 29.0 Å². The lowest BCUT2D eigenvalue weighted by Gasteiger charge is -2.13. The van der Waals surface area contributed by atoms with E-state index in [1.54, 1.807) is 0 Å². The van der Waals surface area contributed by atoms with Crippen LogP contribution in [0.5, 0.6) is 0 Å². The van der Waals surface area contributed by atoms with Gasteiger partial charge in [0.25, 0.3) is 5.91 Å². The molecule has 0 saturated heterocycles. The number of rotatable bonds is 3. The zero-order valence-corrected chi connectivity index (χ0v) is 12.6. The Bertz CT molecular complexity index is 532. The fraction of sp³-hybridized carbons (Fsp3) is 0.500. The van der Waals surface area contributed by atoms with Crippen molar-refractivity contribution in [3.05, 3.63) is 35.1 Å². The summed E-state index contributed by atoms with van der Waals surface area (Å²) in [4.78, 5) is 12.3. The first-order valence-electron chi connectivity index (χ1n) is 6.57. The van der Waals surface area contributed by atoms with Crippen molar-refractivity contribution in [3.63, 3.8) is 0 Å². The number of hydrogen-bond donors (Lipinski definition) is 1. The van der Waals surface area contributed by atoms with Gasteiger partial charge in [0, 0.05) is 11.4 Å². The average molecular weight is 368 g/mol. The molecular weight excluding hydrogens is 354 g/mol. The number of alkyl halides is 4. The van der Waals surface area contributed by atoms with E-state index in [-0.39, 0.29) is 5.92 Å². The van der Waals surface area contributed by atoms with Crippen molar-refractivity contribution in [2.24, 2.45) is 5.92 Å². The largest absolute Gasteiger partial charge is 0.419 e. The first kappa shape index (κ1) is 16.3. The third-order valence-electron chi connectivity index (χ3n) is 3.58. The van der Waals surface area contributed by atoms with E-state index in [0.717, 1.165) is 31.4 Å². The number of nitrogens with one attached hydrogen (secondary N) is 1. The summed E-state index contributed by atoms with van der Waals surface area (Å²) in [5, 5.41) is 2.51. The highest BCUT2D eigenvalue weighted by atomic mass is 79.9. The summed E-state index contributed by atoms with van der Waals surface area (Å²) < 4.78 is 51.6. The number of hydrogen-bond acceptors (Lipinski definition) is 1. The molecule has 1 aromatic carbocycles. The molecule has 116 valence electrons. The van der Waals surface area contributed by atoms with Gasteiger partial charge in [-0.3, -0.25) is 4.79 Å². The van der Waals surface area contributed by atoms with Crippen molar-refractivity contribution in [1.82, 2.24) is 5.32 Å². The van der Waals surface area contributed by atoms with Gasteiger partial charge in [0.15, 0.2) is 0 Å². The number of amides is 1. The molecule has 2 nitrogen and oxygen atoms in total. The topological polar surface area (TPSA) is 29.1 Å². The summed E-state index contributed by atoms with van der Waals surface area (Å²) >= 11 is 3.48. The highest BCUT2D eigenvalue weighted by molar-refractivity contribution is 9.09. The fourth-order valence-electron chi connectivity index (χ4n) is 2.46. The van der Waals surface area contributed by atoms with Crippen molar-refractivity contribution in [2.45, 2.75) is 30.3 Å². The molecule has 1 N–H and O–H groups in total. The second kappa shape index (κ2) is 6.34. The van der Waals surface area contributed by atoms with Crippen LogP contribution in [0, 0.1) is 11.7 Å². The van der Waals surface area contributed by atoms with Crippen LogP contribution in [0.3, 0.4) is 0 Å². The Labute approximate surface area is 128 Å². The van der Waals surface area contributed by atoms with Crippen molar-refractivity contribution < 1.29 is 22.4 Å². The van der Waals surface area contributed by atoms with Crippen molar-refractivity contribution >= 4 is 21.8 Å². The molecule has 2 unspecified atom stereocenters. The van der Waals surface area contributed by atoms with Crippen LogP contribution >= 0.6 is 15.9 Å². The number of benzene rings is 1. The van der Waals surface area contributed by atoms with Gasteiger partial charge in [0.2, 0.25) is 0 Å². The normalized spacial score (nSPS) is 22.3. The van der Waals surface area contributed by atoms with Crippen LogP contribution in [-0.4, -0.2) is 17.3 Å². The number of carbonyl (C=O) groups is 1. The van der Waals surface area contributed by atoms with Gasteiger partial charge >= 0.3 is 6.18 Å². The minimum Gasteiger partial charge on any atom is -0.352 e. The van der Waals surface area contributed by atoms with Crippen molar-refractivity contribution in [1.29, 1.82) is 0 Å². The van der Waals surface area contributed by atoms with E-state index in [1.807, 2.05) is 0 Å². The average Bonchev–Trinajstić information content (AvgIpc) is 2.80. The minimum absolute atomic E-state index is 0.271. The summed E-state index contributed by atoms with van der Waals surface area (Å²) in [7, 11) is 0. The van der Waals surface area contributed by atoms with Gasteiger partial charge in [-0.25, -0.2) is 4.39 Å². The SMILES string of the molecule is O=C(NCC1CCC(Br)C1)c1cccc(C(F)(F)F)c1F. The van der Waals surface area contributed by atoms with Gasteiger partial charge in [-0.15, -0.1) is 0 Å². The smallest absolute Gasteiger partial charge is 0.352 e. The number of carbonyl (C=O) groups excluding carboxylic acids is 1. The molecule has 0 spiro atoms. The molecule has 2 atom stereocenters. The second-order valence-electron chi connectivity index (χ2n) is 5.15. The summed E-state index contributed by atoms with van der Waals surface area (Å²) in [6.07, 6.45) is -1.99. The lowest BCUT2D eigenvalue weighted by molar-refractivity contribution is -0.140. The van der Waals surface area contributed by atoms with E-state index in [4.69, 9.17) is 0 Å². The molecule has 1 aliphatic rings. The van der Waals surface area contributed by atoms with Crippen molar-refractivity contribution in [2.75, 3.05) is 6.54 Å². The standard InChI is InChI=1S/C14H14BrF4NO/c15-9-5-4-8(6-9)7-20-13(21)10-2-1-3-11(12(10)16)14(17,18)19/h1-3,8-9H,4-7H2,(H,20,21). The third kappa shape index (κ3) is 3.96. The Morgan fingerprint density at radius 1 is 1.33 bits per heavy atom. The maximum Gasteiger partial charge on any atom is 0.419 e.